The first-order chi connectivity index (χ1) is 8.72. The van der Waals surface area contributed by atoms with Gasteiger partial charge in [0.05, 0.1) is 6.61 Å². The zero-order valence-electron chi connectivity index (χ0n) is 10.2. The van der Waals surface area contributed by atoms with Crippen LogP contribution >= 0.6 is 0 Å². The molecule has 1 aliphatic carbocycles. The fourth-order valence-corrected chi connectivity index (χ4v) is 2.43. The Morgan fingerprint density at radius 1 is 1.33 bits per heavy atom. The van der Waals surface area contributed by atoms with Gasteiger partial charge in [0.1, 0.15) is 0 Å². The largest absolute Gasteiger partial charge is 0.476 e. The van der Waals surface area contributed by atoms with Gasteiger partial charge in [0.2, 0.25) is 5.88 Å². The first kappa shape index (κ1) is 12.8. The lowest BCUT2D eigenvalue weighted by Gasteiger charge is -2.18. The topological polar surface area (TPSA) is 104 Å². The molecule has 1 amide bonds. The van der Waals surface area contributed by atoms with Gasteiger partial charge in [0, 0.05) is 12.4 Å². The van der Waals surface area contributed by atoms with Crippen molar-refractivity contribution in [2.75, 3.05) is 13.2 Å². The molecular formula is C12H18N4O2. The third kappa shape index (κ3) is 2.76. The molecule has 1 aromatic rings. The van der Waals surface area contributed by atoms with Crippen molar-refractivity contribution in [3.63, 3.8) is 0 Å². The van der Waals surface area contributed by atoms with Crippen LogP contribution in [0.25, 0.3) is 0 Å². The molecule has 6 heteroatoms. The summed E-state index contributed by atoms with van der Waals surface area (Å²) in [5.41, 5.74) is 11.0. The maximum absolute atomic E-state index is 11.2. The Morgan fingerprint density at radius 3 is 2.78 bits per heavy atom. The highest BCUT2D eigenvalue weighted by atomic mass is 16.5. The predicted molar refractivity (Wildman–Crippen MR) is 65.9 cm³/mol. The summed E-state index contributed by atoms with van der Waals surface area (Å²) in [7, 11) is 0. The Balaban J connectivity index is 2.00. The number of ether oxygens (including phenoxy) is 1. The van der Waals surface area contributed by atoms with E-state index in [0.717, 1.165) is 12.8 Å². The van der Waals surface area contributed by atoms with Crippen molar-refractivity contribution in [3.8, 4) is 5.88 Å². The summed E-state index contributed by atoms with van der Waals surface area (Å²) in [4.78, 5) is 19.0. The molecule has 2 unspecified atom stereocenters. The highest BCUT2D eigenvalue weighted by molar-refractivity contribution is 5.92. The van der Waals surface area contributed by atoms with E-state index in [4.69, 9.17) is 16.2 Å². The van der Waals surface area contributed by atoms with Gasteiger partial charge in [0.15, 0.2) is 5.69 Å². The molecule has 18 heavy (non-hydrogen) atoms. The lowest BCUT2D eigenvalue weighted by Crippen LogP contribution is -2.24. The molecule has 1 aromatic heterocycles. The number of amides is 1. The summed E-state index contributed by atoms with van der Waals surface area (Å²) in [5.74, 6) is 0.518. The van der Waals surface area contributed by atoms with Crippen LogP contribution in [0, 0.1) is 11.8 Å². The van der Waals surface area contributed by atoms with Crippen LogP contribution in [-0.4, -0.2) is 29.0 Å². The van der Waals surface area contributed by atoms with Crippen LogP contribution in [0.3, 0.4) is 0 Å². The van der Waals surface area contributed by atoms with Gasteiger partial charge in [-0.3, -0.25) is 4.79 Å². The molecule has 0 spiro atoms. The Bertz CT molecular complexity index is 424. The van der Waals surface area contributed by atoms with E-state index in [-0.39, 0.29) is 11.6 Å². The van der Waals surface area contributed by atoms with E-state index in [1.807, 2.05) is 0 Å². The molecular weight excluding hydrogens is 232 g/mol. The maximum atomic E-state index is 11.2. The van der Waals surface area contributed by atoms with E-state index in [2.05, 4.69) is 9.97 Å². The molecule has 1 fully saturated rings. The summed E-state index contributed by atoms with van der Waals surface area (Å²) in [6.07, 6.45) is 6.34. The number of aromatic nitrogens is 2. The zero-order valence-corrected chi connectivity index (χ0v) is 10.2. The first-order valence-electron chi connectivity index (χ1n) is 6.16. The minimum absolute atomic E-state index is 0.0831. The second kappa shape index (κ2) is 5.77. The quantitative estimate of drug-likeness (QED) is 0.783. The SMILES string of the molecule is NCC1CCCC1COc1nccnc1C(N)=O. The molecule has 0 bridgehead atoms. The Morgan fingerprint density at radius 2 is 2.06 bits per heavy atom. The standard InChI is InChI=1S/C12H18N4O2/c13-6-8-2-1-3-9(8)7-18-12-10(11(14)17)15-4-5-16-12/h4-5,8-9H,1-3,6-7,13H2,(H2,14,17). The molecule has 0 radical (unpaired) electrons. The van der Waals surface area contributed by atoms with Crippen molar-refractivity contribution in [1.82, 2.24) is 9.97 Å². The normalized spacial score (nSPS) is 22.9. The smallest absolute Gasteiger partial charge is 0.272 e. The fraction of sp³-hybridized carbons (Fsp3) is 0.583. The lowest BCUT2D eigenvalue weighted by atomic mass is 9.97. The minimum Gasteiger partial charge on any atom is -0.476 e. The number of nitrogens with two attached hydrogens (primary N) is 2. The van der Waals surface area contributed by atoms with Crippen molar-refractivity contribution in [1.29, 1.82) is 0 Å². The van der Waals surface area contributed by atoms with Crippen LogP contribution in [0.15, 0.2) is 12.4 Å². The Labute approximate surface area is 106 Å². The Kier molecular flexibility index (Phi) is 4.09. The van der Waals surface area contributed by atoms with Gasteiger partial charge in [-0.2, -0.15) is 0 Å². The zero-order chi connectivity index (χ0) is 13.0. The van der Waals surface area contributed by atoms with E-state index < -0.39 is 5.91 Å². The molecule has 0 aromatic carbocycles. The molecule has 1 saturated carbocycles. The van der Waals surface area contributed by atoms with E-state index >= 15 is 0 Å². The van der Waals surface area contributed by atoms with Crippen molar-refractivity contribution in [2.24, 2.45) is 23.3 Å². The minimum atomic E-state index is -0.625. The van der Waals surface area contributed by atoms with Gasteiger partial charge < -0.3 is 16.2 Å². The maximum Gasteiger partial charge on any atom is 0.272 e. The van der Waals surface area contributed by atoms with E-state index in [0.29, 0.717) is 25.0 Å². The summed E-state index contributed by atoms with van der Waals surface area (Å²) >= 11 is 0. The third-order valence-electron chi connectivity index (χ3n) is 3.45. The number of carbonyl (C=O) groups excluding carboxylic acids is 1. The number of nitrogens with zero attached hydrogens (tertiary/aromatic N) is 2. The van der Waals surface area contributed by atoms with Gasteiger partial charge in [-0.25, -0.2) is 9.97 Å². The molecule has 2 atom stereocenters. The average molecular weight is 250 g/mol. The molecule has 2 rings (SSSR count). The van der Waals surface area contributed by atoms with Crippen molar-refractivity contribution < 1.29 is 9.53 Å². The van der Waals surface area contributed by atoms with E-state index in [9.17, 15) is 4.79 Å². The third-order valence-corrected chi connectivity index (χ3v) is 3.45. The van der Waals surface area contributed by atoms with Crippen molar-refractivity contribution in [3.05, 3.63) is 18.1 Å². The molecule has 1 heterocycles. The van der Waals surface area contributed by atoms with Crippen LogP contribution in [0.2, 0.25) is 0 Å². The van der Waals surface area contributed by atoms with Gasteiger partial charge >= 0.3 is 0 Å². The number of hydrogen-bond donors (Lipinski definition) is 2. The Hall–Kier alpha value is -1.69. The number of rotatable bonds is 5. The highest BCUT2D eigenvalue weighted by Gasteiger charge is 2.27. The summed E-state index contributed by atoms with van der Waals surface area (Å²) < 4.78 is 5.58. The average Bonchev–Trinajstić information content (AvgIpc) is 2.84. The second-order valence-electron chi connectivity index (χ2n) is 4.57. The monoisotopic (exact) mass is 250 g/mol. The van der Waals surface area contributed by atoms with E-state index in [1.165, 1.54) is 18.8 Å². The predicted octanol–water partition coefficient (Wildman–Crippen LogP) is 0.329. The van der Waals surface area contributed by atoms with Crippen molar-refractivity contribution in [2.45, 2.75) is 19.3 Å². The van der Waals surface area contributed by atoms with Crippen LogP contribution in [0.4, 0.5) is 0 Å². The highest BCUT2D eigenvalue weighted by Crippen LogP contribution is 2.31. The van der Waals surface area contributed by atoms with Crippen LogP contribution < -0.4 is 16.2 Å². The second-order valence-corrected chi connectivity index (χ2v) is 4.57. The summed E-state index contributed by atoms with van der Waals surface area (Å²) in [6.45, 7) is 1.19. The van der Waals surface area contributed by atoms with Gasteiger partial charge in [-0.15, -0.1) is 0 Å². The van der Waals surface area contributed by atoms with Gasteiger partial charge in [-0.1, -0.05) is 6.42 Å². The molecule has 98 valence electrons. The molecule has 0 saturated heterocycles. The molecule has 4 N–H and O–H groups in total. The van der Waals surface area contributed by atoms with Crippen LogP contribution in [0.1, 0.15) is 29.8 Å². The van der Waals surface area contributed by atoms with Crippen LogP contribution in [-0.2, 0) is 0 Å². The van der Waals surface area contributed by atoms with Gasteiger partial charge in [0.25, 0.3) is 5.91 Å². The fourth-order valence-electron chi connectivity index (χ4n) is 2.43. The molecule has 6 nitrogen and oxygen atoms in total. The molecule has 1 aliphatic rings. The lowest BCUT2D eigenvalue weighted by molar-refractivity contribution is 0.0988. The number of hydrogen-bond acceptors (Lipinski definition) is 5. The number of primary amides is 1. The van der Waals surface area contributed by atoms with Crippen LogP contribution in [0.5, 0.6) is 5.88 Å². The molecule has 0 aliphatic heterocycles. The van der Waals surface area contributed by atoms with Crippen molar-refractivity contribution >= 4 is 5.91 Å². The first-order valence-corrected chi connectivity index (χ1v) is 6.16. The van der Waals surface area contributed by atoms with E-state index in [1.54, 1.807) is 0 Å². The number of carbonyl (C=O) groups is 1. The van der Waals surface area contributed by atoms with Gasteiger partial charge in [-0.05, 0) is 31.2 Å². The summed E-state index contributed by atoms with van der Waals surface area (Å²) in [6, 6.07) is 0. The summed E-state index contributed by atoms with van der Waals surface area (Å²) in [5, 5.41) is 0.